The van der Waals surface area contributed by atoms with Crippen molar-refractivity contribution in [2.24, 2.45) is 10.9 Å². The van der Waals surface area contributed by atoms with Crippen LogP contribution >= 0.6 is 0 Å². The van der Waals surface area contributed by atoms with Crippen LogP contribution in [0.15, 0.2) is 47.7 Å². The van der Waals surface area contributed by atoms with Crippen LogP contribution in [0.5, 0.6) is 0 Å². The maximum Gasteiger partial charge on any atom is 0.191 e. The molecule has 0 spiro atoms. The zero-order valence-electron chi connectivity index (χ0n) is 18.7. The van der Waals surface area contributed by atoms with Crippen molar-refractivity contribution in [1.82, 2.24) is 25.1 Å². The average molecular weight is 411 g/mol. The number of hydrogen-bond donors (Lipinski definition) is 2. The third kappa shape index (κ3) is 7.48. The van der Waals surface area contributed by atoms with Gasteiger partial charge in [0, 0.05) is 45.0 Å². The van der Waals surface area contributed by atoms with Crippen LogP contribution in [-0.4, -0.2) is 59.7 Å². The van der Waals surface area contributed by atoms with Crippen LogP contribution in [0.3, 0.4) is 0 Å². The zero-order valence-corrected chi connectivity index (χ0v) is 18.7. The number of likely N-dealkylation sites (tertiary alicyclic amines) is 1. The highest BCUT2D eigenvalue weighted by atomic mass is 15.2. The zero-order chi connectivity index (χ0) is 21.0. The minimum atomic E-state index is 0.821. The second kappa shape index (κ2) is 12.4. The SMILES string of the molecule is CCNC(=NCCCN1CCC(C)CC1)NCCc1nccn1Cc1ccccc1. The van der Waals surface area contributed by atoms with Crippen LogP contribution in [0.1, 0.15) is 44.5 Å². The molecule has 0 atom stereocenters. The lowest BCUT2D eigenvalue weighted by molar-refractivity contribution is 0.192. The molecule has 164 valence electrons. The van der Waals surface area contributed by atoms with E-state index in [-0.39, 0.29) is 0 Å². The largest absolute Gasteiger partial charge is 0.357 e. The summed E-state index contributed by atoms with van der Waals surface area (Å²) in [6.07, 6.45) is 8.62. The van der Waals surface area contributed by atoms with Gasteiger partial charge in [-0.2, -0.15) is 0 Å². The fraction of sp³-hybridized carbons (Fsp3) is 0.583. The molecule has 0 unspecified atom stereocenters. The minimum absolute atomic E-state index is 0.821. The number of nitrogens with zero attached hydrogens (tertiary/aromatic N) is 4. The molecular weight excluding hydrogens is 372 g/mol. The lowest BCUT2D eigenvalue weighted by Crippen LogP contribution is -2.39. The summed E-state index contributed by atoms with van der Waals surface area (Å²) in [4.78, 5) is 11.9. The summed E-state index contributed by atoms with van der Waals surface area (Å²) in [5.74, 6) is 2.90. The van der Waals surface area contributed by atoms with E-state index in [1.807, 2.05) is 6.20 Å². The van der Waals surface area contributed by atoms with Gasteiger partial charge in [0.1, 0.15) is 5.82 Å². The lowest BCUT2D eigenvalue weighted by atomic mass is 9.99. The third-order valence-corrected chi connectivity index (χ3v) is 5.76. The van der Waals surface area contributed by atoms with Crippen molar-refractivity contribution in [2.45, 2.75) is 46.1 Å². The van der Waals surface area contributed by atoms with Gasteiger partial charge in [-0.25, -0.2) is 4.98 Å². The molecule has 0 saturated carbocycles. The molecule has 2 N–H and O–H groups in total. The molecule has 1 aliphatic rings. The van der Waals surface area contributed by atoms with E-state index in [1.54, 1.807) is 0 Å². The first-order valence-corrected chi connectivity index (χ1v) is 11.5. The van der Waals surface area contributed by atoms with E-state index < -0.39 is 0 Å². The van der Waals surface area contributed by atoms with Crippen molar-refractivity contribution in [3.05, 3.63) is 54.1 Å². The lowest BCUT2D eigenvalue weighted by Gasteiger charge is -2.29. The second-order valence-electron chi connectivity index (χ2n) is 8.27. The molecule has 1 aliphatic heterocycles. The fourth-order valence-electron chi connectivity index (χ4n) is 3.90. The Bertz CT molecular complexity index is 746. The van der Waals surface area contributed by atoms with Crippen molar-refractivity contribution in [1.29, 1.82) is 0 Å². The number of piperidine rings is 1. The molecule has 2 aromatic rings. The Labute approximate surface area is 181 Å². The Morgan fingerprint density at radius 2 is 1.97 bits per heavy atom. The van der Waals surface area contributed by atoms with Crippen LogP contribution < -0.4 is 10.6 Å². The molecule has 1 aromatic carbocycles. The highest BCUT2D eigenvalue weighted by molar-refractivity contribution is 5.79. The topological polar surface area (TPSA) is 57.5 Å². The Morgan fingerprint density at radius 1 is 1.17 bits per heavy atom. The Kier molecular flexibility index (Phi) is 9.22. The van der Waals surface area contributed by atoms with Crippen molar-refractivity contribution >= 4 is 5.96 Å². The van der Waals surface area contributed by atoms with Crippen LogP contribution in [0.2, 0.25) is 0 Å². The van der Waals surface area contributed by atoms with Crippen molar-refractivity contribution < 1.29 is 0 Å². The molecule has 3 rings (SSSR count). The minimum Gasteiger partial charge on any atom is -0.357 e. The Morgan fingerprint density at radius 3 is 2.73 bits per heavy atom. The van der Waals surface area contributed by atoms with Gasteiger partial charge in [0.05, 0.1) is 0 Å². The van der Waals surface area contributed by atoms with E-state index in [1.165, 1.54) is 31.5 Å². The van der Waals surface area contributed by atoms with Gasteiger partial charge in [-0.15, -0.1) is 0 Å². The first kappa shape index (κ1) is 22.3. The first-order chi connectivity index (χ1) is 14.7. The number of imidazole rings is 1. The summed E-state index contributed by atoms with van der Waals surface area (Å²) >= 11 is 0. The van der Waals surface area contributed by atoms with Crippen molar-refractivity contribution in [3.8, 4) is 0 Å². The molecule has 0 radical (unpaired) electrons. The number of rotatable bonds is 10. The van der Waals surface area contributed by atoms with Crippen LogP contribution in [0.25, 0.3) is 0 Å². The van der Waals surface area contributed by atoms with Gasteiger partial charge in [-0.05, 0) is 57.3 Å². The van der Waals surface area contributed by atoms with Crippen LogP contribution in [-0.2, 0) is 13.0 Å². The molecule has 0 bridgehead atoms. The molecule has 6 nitrogen and oxygen atoms in total. The maximum atomic E-state index is 4.76. The Balaban J connectivity index is 1.40. The summed E-state index contributed by atoms with van der Waals surface area (Å²) in [5, 5.41) is 6.83. The number of aliphatic imine (C=N–C) groups is 1. The molecule has 0 amide bonds. The normalized spacial score (nSPS) is 16.0. The van der Waals surface area contributed by atoms with E-state index in [4.69, 9.17) is 4.99 Å². The smallest absolute Gasteiger partial charge is 0.191 e. The summed E-state index contributed by atoms with van der Waals surface area (Å²) in [6.45, 7) is 11.6. The number of guanidine groups is 1. The van der Waals surface area contributed by atoms with Gasteiger partial charge in [-0.3, -0.25) is 4.99 Å². The third-order valence-electron chi connectivity index (χ3n) is 5.76. The summed E-state index contributed by atoms with van der Waals surface area (Å²) in [7, 11) is 0. The van der Waals surface area contributed by atoms with Gasteiger partial charge < -0.3 is 20.1 Å². The standard InChI is InChI=1S/C24H38N6/c1-3-25-24(27-13-7-16-29-17-11-21(2)12-18-29)28-14-10-23-26-15-19-30(23)20-22-8-5-4-6-9-22/h4-6,8-9,15,19,21H,3,7,10-14,16-18,20H2,1-2H3,(H2,25,27,28). The highest BCUT2D eigenvalue weighted by Gasteiger charge is 2.14. The Hall–Kier alpha value is -2.34. The number of aromatic nitrogens is 2. The second-order valence-corrected chi connectivity index (χ2v) is 8.27. The molecule has 1 saturated heterocycles. The van der Waals surface area contributed by atoms with Crippen molar-refractivity contribution in [2.75, 3.05) is 39.3 Å². The van der Waals surface area contributed by atoms with Gasteiger partial charge >= 0.3 is 0 Å². The molecule has 6 heteroatoms. The summed E-state index contributed by atoms with van der Waals surface area (Å²) in [6, 6.07) is 10.5. The van der Waals surface area contributed by atoms with Crippen LogP contribution in [0.4, 0.5) is 0 Å². The van der Waals surface area contributed by atoms with Crippen LogP contribution in [0, 0.1) is 5.92 Å². The fourth-order valence-corrected chi connectivity index (χ4v) is 3.90. The van der Waals surface area contributed by atoms with Gasteiger partial charge in [0.15, 0.2) is 5.96 Å². The average Bonchev–Trinajstić information content (AvgIpc) is 3.20. The van der Waals surface area contributed by atoms with E-state index in [0.717, 1.165) is 63.3 Å². The van der Waals surface area contributed by atoms with E-state index in [0.29, 0.717) is 0 Å². The van der Waals surface area contributed by atoms with Crippen molar-refractivity contribution in [3.63, 3.8) is 0 Å². The number of hydrogen-bond acceptors (Lipinski definition) is 3. The molecule has 0 aliphatic carbocycles. The predicted molar refractivity (Wildman–Crippen MR) is 125 cm³/mol. The molecule has 30 heavy (non-hydrogen) atoms. The predicted octanol–water partition coefficient (Wildman–Crippen LogP) is 3.15. The van der Waals surface area contributed by atoms with E-state index in [9.17, 15) is 0 Å². The molecule has 2 heterocycles. The van der Waals surface area contributed by atoms with Gasteiger partial charge in [0.25, 0.3) is 0 Å². The molecule has 1 fully saturated rings. The highest BCUT2D eigenvalue weighted by Crippen LogP contribution is 2.15. The first-order valence-electron chi connectivity index (χ1n) is 11.5. The maximum absolute atomic E-state index is 4.76. The number of nitrogens with one attached hydrogen (secondary N) is 2. The van der Waals surface area contributed by atoms with Gasteiger partial charge in [-0.1, -0.05) is 37.3 Å². The van der Waals surface area contributed by atoms with Gasteiger partial charge in [0.2, 0.25) is 0 Å². The van der Waals surface area contributed by atoms with E-state index in [2.05, 4.69) is 75.5 Å². The summed E-state index contributed by atoms with van der Waals surface area (Å²) < 4.78 is 2.22. The monoisotopic (exact) mass is 410 g/mol. The number of benzene rings is 1. The molecule has 1 aromatic heterocycles. The van der Waals surface area contributed by atoms with E-state index >= 15 is 0 Å². The quantitative estimate of drug-likeness (QED) is 0.359. The summed E-state index contributed by atoms with van der Waals surface area (Å²) in [5.41, 5.74) is 1.29. The molecular formula is C24H38N6.